The minimum Gasteiger partial charge on any atom is -0.392 e. The first kappa shape index (κ1) is 15.0. The van der Waals surface area contributed by atoms with Gasteiger partial charge in [0.15, 0.2) is 11.6 Å². The molecule has 2 aromatic carbocycles. The van der Waals surface area contributed by atoms with Crippen molar-refractivity contribution in [2.75, 3.05) is 5.75 Å². The van der Waals surface area contributed by atoms with Crippen molar-refractivity contribution in [3.63, 3.8) is 0 Å². The molecule has 0 aromatic heterocycles. The predicted octanol–water partition coefficient (Wildman–Crippen LogP) is 3.97. The summed E-state index contributed by atoms with van der Waals surface area (Å²) in [5.41, 5.74) is 1.77. The molecule has 1 N–H and O–H groups in total. The third-order valence-electron chi connectivity index (χ3n) is 2.89. The number of aryl methyl sites for hydroxylation is 1. The highest BCUT2D eigenvalue weighted by Crippen LogP contribution is 2.21. The second-order valence-corrected chi connectivity index (χ2v) is 5.83. The second-order valence-electron chi connectivity index (χ2n) is 4.73. The first-order chi connectivity index (χ1) is 9.54. The molecule has 0 aliphatic carbocycles. The molecule has 0 radical (unpaired) electrons. The van der Waals surface area contributed by atoms with Crippen molar-refractivity contribution in [2.24, 2.45) is 0 Å². The van der Waals surface area contributed by atoms with Gasteiger partial charge >= 0.3 is 0 Å². The molecule has 1 atom stereocenters. The van der Waals surface area contributed by atoms with Crippen LogP contribution in [0, 0.1) is 18.6 Å². The molecular formula is C16H16F2OS. The Balaban J connectivity index is 1.89. The topological polar surface area (TPSA) is 20.2 Å². The van der Waals surface area contributed by atoms with Crippen LogP contribution < -0.4 is 0 Å². The van der Waals surface area contributed by atoms with Crippen molar-refractivity contribution in [3.8, 4) is 0 Å². The van der Waals surface area contributed by atoms with Gasteiger partial charge in [-0.25, -0.2) is 8.78 Å². The molecule has 0 aliphatic heterocycles. The number of hydrogen-bond acceptors (Lipinski definition) is 2. The van der Waals surface area contributed by atoms with Gasteiger partial charge in [0.05, 0.1) is 6.10 Å². The summed E-state index contributed by atoms with van der Waals surface area (Å²) in [5, 5.41) is 9.96. The van der Waals surface area contributed by atoms with Crippen molar-refractivity contribution in [1.82, 2.24) is 0 Å². The number of benzene rings is 2. The van der Waals surface area contributed by atoms with E-state index in [0.717, 1.165) is 17.0 Å². The van der Waals surface area contributed by atoms with Crippen molar-refractivity contribution >= 4 is 11.8 Å². The smallest absolute Gasteiger partial charge is 0.159 e. The molecule has 0 bridgehead atoms. The van der Waals surface area contributed by atoms with Crippen LogP contribution in [-0.4, -0.2) is 17.0 Å². The van der Waals surface area contributed by atoms with Gasteiger partial charge in [-0.1, -0.05) is 23.8 Å². The van der Waals surface area contributed by atoms with Crippen LogP contribution in [0.15, 0.2) is 47.4 Å². The zero-order valence-electron chi connectivity index (χ0n) is 11.1. The van der Waals surface area contributed by atoms with Crippen LogP contribution >= 0.6 is 11.8 Å². The summed E-state index contributed by atoms with van der Waals surface area (Å²) in [5.74, 6) is -1.22. The summed E-state index contributed by atoms with van der Waals surface area (Å²) in [6.45, 7) is 2.02. The van der Waals surface area contributed by atoms with Crippen LogP contribution in [0.1, 0.15) is 11.1 Å². The quantitative estimate of drug-likeness (QED) is 0.842. The van der Waals surface area contributed by atoms with Gasteiger partial charge in [-0.15, -0.1) is 11.8 Å². The van der Waals surface area contributed by atoms with Crippen LogP contribution in [0.4, 0.5) is 8.78 Å². The van der Waals surface area contributed by atoms with Crippen molar-refractivity contribution < 1.29 is 13.9 Å². The fourth-order valence-corrected chi connectivity index (χ4v) is 2.84. The van der Waals surface area contributed by atoms with Crippen LogP contribution in [0.2, 0.25) is 0 Å². The van der Waals surface area contributed by atoms with E-state index in [2.05, 4.69) is 6.07 Å². The molecule has 0 heterocycles. The van der Waals surface area contributed by atoms with Crippen LogP contribution in [0.5, 0.6) is 0 Å². The highest BCUT2D eigenvalue weighted by atomic mass is 32.2. The zero-order chi connectivity index (χ0) is 14.5. The van der Waals surface area contributed by atoms with E-state index in [9.17, 15) is 13.9 Å². The Labute approximate surface area is 121 Å². The van der Waals surface area contributed by atoms with Crippen molar-refractivity contribution in [2.45, 2.75) is 24.3 Å². The molecule has 20 heavy (non-hydrogen) atoms. The molecule has 1 unspecified atom stereocenters. The first-order valence-corrected chi connectivity index (χ1v) is 7.34. The Morgan fingerprint density at radius 1 is 1.10 bits per heavy atom. The molecule has 0 aliphatic rings. The molecule has 4 heteroatoms. The maximum atomic E-state index is 13.1. The van der Waals surface area contributed by atoms with Gasteiger partial charge in [-0.05, 0) is 43.2 Å². The van der Waals surface area contributed by atoms with Crippen molar-refractivity contribution in [3.05, 3.63) is 65.2 Å². The lowest BCUT2D eigenvalue weighted by Crippen LogP contribution is -2.13. The normalized spacial score (nSPS) is 12.4. The highest BCUT2D eigenvalue weighted by Gasteiger charge is 2.09. The Morgan fingerprint density at radius 2 is 1.90 bits per heavy atom. The van der Waals surface area contributed by atoms with E-state index >= 15 is 0 Å². The number of thioether (sulfide) groups is 1. The molecule has 0 saturated heterocycles. The largest absolute Gasteiger partial charge is 0.392 e. The predicted molar refractivity (Wildman–Crippen MR) is 78.0 cm³/mol. The fraction of sp³-hybridized carbons (Fsp3) is 0.250. The number of aliphatic hydroxyl groups excluding tert-OH is 1. The average molecular weight is 294 g/mol. The summed E-state index contributed by atoms with van der Waals surface area (Å²) >= 11 is 1.55. The van der Waals surface area contributed by atoms with Gasteiger partial charge in [0.1, 0.15) is 0 Å². The van der Waals surface area contributed by atoms with E-state index < -0.39 is 17.7 Å². The van der Waals surface area contributed by atoms with E-state index in [0.29, 0.717) is 17.7 Å². The summed E-state index contributed by atoms with van der Waals surface area (Å²) in [6, 6.07) is 11.7. The molecule has 0 fully saturated rings. The Morgan fingerprint density at radius 3 is 2.60 bits per heavy atom. The Kier molecular flexibility index (Phi) is 5.15. The summed E-state index contributed by atoms with van der Waals surface area (Å²) in [6.07, 6.45) is -0.277. The lowest BCUT2D eigenvalue weighted by Gasteiger charge is -2.11. The molecule has 106 valence electrons. The number of rotatable bonds is 5. The lowest BCUT2D eigenvalue weighted by atomic mass is 10.1. The van der Waals surface area contributed by atoms with E-state index in [4.69, 9.17) is 0 Å². The average Bonchev–Trinajstić information content (AvgIpc) is 2.41. The van der Waals surface area contributed by atoms with Crippen LogP contribution in [0.3, 0.4) is 0 Å². The molecular weight excluding hydrogens is 278 g/mol. The highest BCUT2D eigenvalue weighted by molar-refractivity contribution is 7.99. The van der Waals surface area contributed by atoms with Gasteiger partial charge in [-0.3, -0.25) is 0 Å². The molecule has 2 aromatic rings. The van der Waals surface area contributed by atoms with E-state index in [-0.39, 0.29) is 0 Å². The second kappa shape index (κ2) is 6.86. The Bertz CT molecular complexity index is 586. The third-order valence-corrected chi connectivity index (χ3v) is 4.03. The lowest BCUT2D eigenvalue weighted by molar-refractivity contribution is 0.200. The first-order valence-electron chi connectivity index (χ1n) is 6.36. The van der Waals surface area contributed by atoms with Crippen LogP contribution in [-0.2, 0) is 6.42 Å². The minimum absolute atomic E-state index is 0.315. The molecule has 0 saturated carbocycles. The number of halogens is 2. The van der Waals surface area contributed by atoms with Gasteiger partial charge in [0, 0.05) is 10.6 Å². The third kappa shape index (κ3) is 4.32. The standard InChI is InChI=1S/C16H16F2OS/c1-11-3-2-4-14(7-11)20-10-13(19)8-12-5-6-15(17)16(18)9-12/h2-7,9,13,19H,8,10H2,1H3. The van der Waals surface area contributed by atoms with Gasteiger partial charge in [0.2, 0.25) is 0 Å². The van der Waals surface area contributed by atoms with E-state index in [1.54, 1.807) is 11.8 Å². The van der Waals surface area contributed by atoms with E-state index in [1.165, 1.54) is 11.6 Å². The van der Waals surface area contributed by atoms with Gasteiger partial charge < -0.3 is 5.11 Å². The minimum atomic E-state index is -0.874. The van der Waals surface area contributed by atoms with E-state index in [1.807, 2.05) is 25.1 Å². The number of aliphatic hydroxyl groups is 1. The maximum Gasteiger partial charge on any atom is 0.159 e. The summed E-state index contributed by atoms with van der Waals surface area (Å²) in [7, 11) is 0. The molecule has 0 amide bonds. The molecule has 0 spiro atoms. The monoisotopic (exact) mass is 294 g/mol. The zero-order valence-corrected chi connectivity index (χ0v) is 12.0. The van der Waals surface area contributed by atoms with Crippen molar-refractivity contribution in [1.29, 1.82) is 0 Å². The maximum absolute atomic E-state index is 13.1. The summed E-state index contributed by atoms with van der Waals surface area (Å²) < 4.78 is 25.9. The van der Waals surface area contributed by atoms with Gasteiger partial charge in [0.25, 0.3) is 0 Å². The Hall–Kier alpha value is -1.39. The number of hydrogen-bond donors (Lipinski definition) is 1. The molecule has 2 rings (SSSR count). The summed E-state index contributed by atoms with van der Waals surface area (Å²) in [4.78, 5) is 1.09. The SMILES string of the molecule is Cc1cccc(SCC(O)Cc2ccc(F)c(F)c2)c1. The van der Waals surface area contributed by atoms with Gasteiger partial charge in [-0.2, -0.15) is 0 Å². The van der Waals surface area contributed by atoms with Crippen LogP contribution in [0.25, 0.3) is 0 Å². The fourth-order valence-electron chi connectivity index (χ4n) is 1.90. The molecule has 1 nitrogen and oxygen atoms in total.